The van der Waals surface area contributed by atoms with E-state index in [1.807, 2.05) is 34.4 Å². The molecule has 5 heteroatoms. The lowest BCUT2D eigenvalue weighted by atomic mass is 10.4. The van der Waals surface area contributed by atoms with Crippen LogP contribution in [0, 0.1) is 9.52 Å². The van der Waals surface area contributed by atoms with Gasteiger partial charge < -0.3 is 10.0 Å². The van der Waals surface area contributed by atoms with Gasteiger partial charge in [-0.25, -0.2) is 4.98 Å². The van der Waals surface area contributed by atoms with Gasteiger partial charge >= 0.3 is 0 Å². The van der Waals surface area contributed by atoms with Crippen LogP contribution in [0.3, 0.4) is 0 Å². The Morgan fingerprint density at radius 2 is 2.29 bits per heavy atom. The summed E-state index contributed by atoms with van der Waals surface area (Å²) < 4.78 is 13.8. The van der Waals surface area contributed by atoms with Crippen LogP contribution in [-0.4, -0.2) is 29.8 Å². The Morgan fingerprint density at radius 3 is 2.79 bits per heavy atom. The van der Waals surface area contributed by atoms with Gasteiger partial charge in [-0.2, -0.15) is 4.39 Å². The van der Waals surface area contributed by atoms with E-state index in [1.54, 1.807) is 6.07 Å². The number of aliphatic hydroxyl groups excluding tert-OH is 1. The third kappa shape index (κ3) is 3.06. The Kier molecular flexibility index (Phi) is 4.53. The van der Waals surface area contributed by atoms with Crippen LogP contribution >= 0.6 is 22.6 Å². The van der Waals surface area contributed by atoms with Crippen LogP contribution in [0.5, 0.6) is 0 Å². The highest BCUT2D eigenvalue weighted by molar-refractivity contribution is 14.1. The van der Waals surface area contributed by atoms with Crippen molar-refractivity contribution >= 4 is 28.4 Å². The number of aliphatic hydroxyl groups is 1. The van der Waals surface area contributed by atoms with Crippen molar-refractivity contribution in [1.82, 2.24) is 4.98 Å². The summed E-state index contributed by atoms with van der Waals surface area (Å²) in [4.78, 5) is 5.59. The summed E-state index contributed by atoms with van der Waals surface area (Å²) in [5, 5.41) is 8.80. The molecule has 0 aliphatic rings. The van der Waals surface area contributed by atoms with Crippen LogP contribution < -0.4 is 4.90 Å². The summed E-state index contributed by atoms with van der Waals surface area (Å²) in [5.41, 5.74) is 0. The molecule has 0 amide bonds. The van der Waals surface area contributed by atoms with Gasteiger partial charge in [-0.1, -0.05) is 0 Å². The van der Waals surface area contributed by atoms with Crippen molar-refractivity contribution in [3.8, 4) is 0 Å². The zero-order valence-corrected chi connectivity index (χ0v) is 10.0. The van der Waals surface area contributed by atoms with Gasteiger partial charge in [0.05, 0.1) is 6.61 Å². The fourth-order valence-corrected chi connectivity index (χ4v) is 1.71. The second kappa shape index (κ2) is 5.45. The molecule has 0 aliphatic carbocycles. The average Bonchev–Trinajstić information content (AvgIpc) is 2.12. The summed E-state index contributed by atoms with van der Waals surface area (Å²) in [5.74, 6) is 0.0919. The van der Waals surface area contributed by atoms with Gasteiger partial charge in [0.1, 0.15) is 5.82 Å². The molecule has 0 saturated carbocycles. The molecule has 0 bridgehead atoms. The Hall–Kier alpha value is -0.430. The first kappa shape index (κ1) is 11.6. The second-order valence-corrected chi connectivity index (χ2v) is 4.02. The van der Waals surface area contributed by atoms with Gasteiger partial charge in [0.25, 0.3) is 0 Å². The SMILES string of the molecule is CCN(CCO)c1cc(I)cc(F)n1. The van der Waals surface area contributed by atoms with Crippen LogP contribution in [0.2, 0.25) is 0 Å². The maximum atomic E-state index is 13.0. The van der Waals surface area contributed by atoms with Crippen molar-refractivity contribution in [3.05, 3.63) is 21.7 Å². The van der Waals surface area contributed by atoms with E-state index < -0.39 is 5.95 Å². The molecule has 1 aromatic heterocycles. The zero-order chi connectivity index (χ0) is 10.6. The molecular weight excluding hydrogens is 298 g/mol. The summed E-state index contributed by atoms with van der Waals surface area (Å²) in [6, 6.07) is 3.17. The number of pyridine rings is 1. The highest BCUT2D eigenvalue weighted by Crippen LogP contribution is 2.15. The first-order chi connectivity index (χ1) is 6.67. The molecule has 0 atom stereocenters. The molecule has 1 aromatic rings. The van der Waals surface area contributed by atoms with E-state index in [-0.39, 0.29) is 6.61 Å². The third-order valence-corrected chi connectivity index (χ3v) is 2.44. The van der Waals surface area contributed by atoms with E-state index in [4.69, 9.17) is 5.11 Å². The maximum absolute atomic E-state index is 13.0. The van der Waals surface area contributed by atoms with Gasteiger partial charge in [-0.3, -0.25) is 0 Å². The molecule has 14 heavy (non-hydrogen) atoms. The van der Waals surface area contributed by atoms with Crippen LogP contribution in [0.15, 0.2) is 12.1 Å². The van der Waals surface area contributed by atoms with Gasteiger partial charge in [-0.15, -0.1) is 0 Å². The standard InChI is InChI=1S/C9H12FIN2O/c1-2-13(3-4-14)9-6-7(11)5-8(10)12-9/h5-6,14H,2-4H2,1H3. The van der Waals surface area contributed by atoms with Crippen LogP contribution in [0.25, 0.3) is 0 Å². The van der Waals surface area contributed by atoms with Gasteiger partial charge in [-0.05, 0) is 35.6 Å². The molecule has 0 aromatic carbocycles. The van der Waals surface area contributed by atoms with E-state index in [9.17, 15) is 4.39 Å². The molecule has 1 heterocycles. The largest absolute Gasteiger partial charge is 0.395 e. The minimum atomic E-state index is -0.483. The number of likely N-dealkylation sites (N-methyl/N-ethyl adjacent to an activating group) is 1. The minimum Gasteiger partial charge on any atom is -0.395 e. The number of nitrogens with zero attached hydrogens (tertiary/aromatic N) is 2. The van der Waals surface area contributed by atoms with Crippen LogP contribution in [0.4, 0.5) is 10.2 Å². The second-order valence-electron chi connectivity index (χ2n) is 2.77. The van der Waals surface area contributed by atoms with Gasteiger partial charge in [0.15, 0.2) is 0 Å². The topological polar surface area (TPSA) is 36.4 Å². The highest BCUT2D eigenvalue weighted by atomic mass is 127. The number of anilines is 1. The Morgan fingerprint density at radius 1 is 1.57 bits per heavy atom. The maximum Gasteiger partial charge on any atom is 0.215 e. The number of hydrogen-bond donors (Lipinski definition) is 1. The molecule has 0 spiro atoms. The monoisotopic (exact) mass is 310 g/mol. The molecule has 3 nitrogen and oxygen atoms in total. The Bertz CT molecular complexity index is 289. The lowest BCUT2D eigenvalue weighted by Gasteiger charge is -2.20. The van der Waals surface area contributed by atoms with Crippen molar-refractivity contribution in [2.45, 2.75) is 6.92 Å². The van der Waals surface area contributed by atoms with Crippen molar-refractivity contribution in [1.29, 1.82) is 0 Å². The highest BCUT2D eigenvalue weighted by Gasteiger charge is 2.07. The van der Waals surface area contributed by atoms with Gasteiger partial charge in [0, 0.05) is 22.7 Å². The molecule has 0 fully saturated rings. The number of rotatable bonds is 4. The van der Waals surface area contributed by atoms with Crippen LogP contribution in [-0.2, 0) is 0 Å². The smallest absolute Gasteiger partial charge is 0.215 e. The lowest BCUT2D eigenvalue weighted by Crippen LogP contribution is -2.27. The number of halogens is 2. The molecule has 0 unspecified atom stereocenters. The first-order valence-corrected chi connectivity index (χ1v) is 5.44. The summed E-state index contributed by atoms with van der Waals surface area (Å²) in [6.45, 7) is 3.16. The summed E-state index contributed by atoms with van der Waals surface area (Å²) >= 11 is 2.04. The average molecular weight is 310 g/mol. The van der Waals surface area contributed by atoms with E-state index in [0.717, 1.165) is 3.57 Å². The first-order valence-electron chi connectivity index (χ1n) is 4.36. The normalized spacial score (nSPS) is 10.3. The molecule has 0 aliphatic heterocycles. The van der Waals surface area contributed by atoms with Crippen molar-refractivity contribution in [3.63, 3.8) is 0 Å². The predicted molar refractivity (Wildman–Crippen MR) is 61.9 cm³/mol. The Labute approximate surface area is 96.1 Å². The van der Waals surface area contributed by atoms with E-state index in [1.165, 1.54) is 6.07 Å². The minimum absolute atomic E-state index is 0.0443. The lowest BCUT2D eigenvalue weighted by molar-refractivity contribution is 0.302. The molecule has 78 valence electrons. The van der Waals surface area contributed by atoms with Crippen LogP contribution in [0.1, 0.15) is 6.92 Å². The van der Waals surface area contributed by atoms with Crippen molar-refractivity contribution in [2.75, 3.05) is 24.6 Å². The summed E-state index contributed by atoms with van der Waals surface area (Å²) in [7, 11) is 0. The summed E-state index contributed by atoms with van der Waals surface area (Å²) in [6.07, 6.45) is 0. The third-order valence-electron chi connectivity index (χ3n) is 1.82. The zero-order valence-electron chi connectivity index (χ0n) is 7.87. The predicted octanol–water partition coefficient (Wildman–Crippen LogP) is 1.64. The molecule has 1 N–H and O–H groups in total. The van der Waals surface area contributed by atoms with Crippen molar-refractivity contribution in [2.24, 2.45) is 0 Å². The fraction of sp³-hybridized carbons (Fsp3) is 0.444. The van der Waals surface area contributed by atoms with Gasteiger partial charge in [0.2, 0.25) is 5.95 Å². The number of hydrogen-bond acceptors (Lipinski definition) is 3. The molecular formula is C9H12FIN2O. The van der Waals surface area contributed by atoms with E-state index >= 15 is 0 Å². The number of aromatic nitrogens is 1. The molecule has 1 rings (SSSR count). The van der Waals surface area contributed by atoms with E-state index in [0.29, 0.717) is 18.9 Å². The van der Waals surface area contributed by atoms with Crippen molar-refractivity contribution < 1.29 is 9.50 Å². The molecule has 0 saturated heterocycles. The molecule has 0 radical (unpaired) electrons. The fourth-order valence-electron chi connectivity index (χ4n) is 1.17. The van der Waals surface area contributed by atoms with E-state index in [2.05, 4.69) is 4.98 Å². The quantitative estimate of drug-likeness (QED) is 0.678. The Balaban J connectivity index is 2.91.